The predicted molar refractivity (Wildman–Crippen MR) is 128 cm³/mol. The molecule has 1 saturated carbocycles. The van der Waals surface area contributed by atoms with Gasteiger partial charge in [0.1, 0.15) is 29.2 Å². The second-order valence-corrected chi connectivity index (χ2v) is 9.05. The van der Waals surface area contributed by atoms with E-state index in [1.165, 1.54) is 6.07 Å². The normalized spacial score (nSPS) is 20.0. The van der Waals surface area contributed by atoms with Crippen LogP contribution in [0.15, 0.2) is 54.6 Å². The Balaban J connectivity index is 1.30. The van der Waals surface area contributed by atoms with E-state index < -0.39 is 6.10 Å². The van der Waals surface area contributed by atoms with Crippen molar-refractivity contribution >= 4 is 5.97 Å². The number of esters is 1. The maximum atomic E-state index is 14.9. The Hall–Kier alpha value is -3.85. The maximum Gasteiger partial charge on any atom is 0.309 e. The number of aryl methyl sites for hydroxylation is 1. The zero-order chi connectivity index (χ0) is 24.5. The molecule has 0 aliphatic heterocycles. The largest absolute Gasteiger partial charge is 0.486 e. The molecule has 3 aromatic rings. The molecule has 3 aromatic carbocycles. The van der Waals surface area contributed by atoms with Crippen LogP contribution in [0.5, 0.6) is 17.2 Å². The molecule has 5 nitrogen and oxygen atoms in total. The number of nitriles is 1. The van der Waals surface area contributed by atoms with E-state index in [1.54, 1.807) is 24.3 Å². The van der Waals surface area contributed by atoms with E-state index in [2.05, 4.69) is 6.07 Å². The van der Waals surface area contributed by atoms with E-state index in [9.17, 15) is 9.18 Å². The van der Waals surface area contributed by atoms with Crippen LogP contribution in [-0.4, -0.2) is 12.6 Å². The van der Waals surface area contributed by atoms with Gasteiger partial charge in [-0.3, -0.25) is 4.79 Å². The minimum Gasteiger partial charge on any atom is -0.486 e. The number of carbonyl (C=O) groups excluding carboxylic acids is 1. The zero-order valence-corrected chi connectivity index (χ0v) is 19.7. The van der Waals surface area contributed by atoms with Crippen LogP contribution in [0.2, 0.25) is 0 Å². The Morgan fingerprint density at radius 1 is 1.11 bits per heavy atom. The Morgan fingerprint density at radius 3 is 2.60 bits per heavy atom. The standard InChI is InChI=1S/C29H26FNO4/c1-3-33-29(32)23-15-22(23)19-5-7-20(8-6-19)34-27-12-9-21-26(13-10-24(30)28(21)27)35-25-11-4-18(16-31)14-17(25)2/h4-8,10-11,13-14,22-23,27H,3,9,12,15H2,1-2H3/t22-,23+,27-/m1/s1. The van der Waals surface area contributed by atoms with Crippen molar-refractivity contribution in [2.75, 3.05) is 6.61 Å². The molecule has 0 amide bonds. The highest BCUT2D eigenvalue weighted by Crippen LogP contribution is 2.49. The molecule has 0 unspecified atom stereocenters. The number of ether oxygens (including phenoxy) is 3. The van der Waals surface area contributed by atoms with Crippen molar-refractivity contribution in [3.05, 3.63) is 88.2 Å². The number of hydrogen-bond acceptors (Lipinski definition) is 5. The topological polar surface area (TPSA) is 68.6 Å². The Labute approximate surface area is 204 Å². The third-order valence-electron chi connectivity index (χ3n) is 6.73. The molecule has 0 aromatic heterocycles. The minimum absolute atomic E-state index is 0.0595. The number of halogens is 1. The third kappa shape index (κ3) is 4.59. The van der Waals surface area contributed by atoms with E-state index in [1.807, 2.05) is 38.1 Å². The van der Waals surface area contributed by atoms with Crippen molar-refractivity contribution < 1.29 is 23.4 Å². The maximum absolute atomic E-state index is 14.9. The van der Waals surface area contributed by atoms with Gasteiger partial charge in [0, 0.05) is 11.1 Å². The van der Waals surface area contributed by atoms with E-state index in [0.717, 1.165) is 23.1 Å². The van der Waals surface area contributed by atoms with Gasteiger partial charge in [-0.2, -0.15) is 5.26 Å². The van der Waals surface area contributed by atoms with Crippen molar-refractivity contribution in [1.29, 1.82) is 5.26 Å². The molecule has 0 saturated heterocycles. The molecule has 1 fully saturated rings. The molecule has 0 N–H and O–H groups in total. The number of nitrogens with zero attached hydrogens (tertiary/aromatic N) is 1. The molecule has 5 rings (SSSR count). The van der Waals surface area contributed by atoms with Crippen molar-refractivity contribution in [2.45, 2.75) is 45.1 Å². The van der Waals surface area contributed by atoms with Gasteiger partial charge in [0.25, 0.3) is 0 Å². The molecule has 0 bridgehead atoms. The van der Waals surface area contributed by atoms with E-state index in [0.29, 0.717) is 47.8 Å². The van der Waals surface area contributed by atoms with Gasteiger partial charge in [-0.25, -0.2) is 4.39 Å². The van der Waals surface area contributed by atoms with Crippen LogP contribution in [0.4, 0.5) is 4.39 Å². The molecule has 0 radical (unpaired) electrons. The summed E-state index contributed by atoms with van der Waals surface area (Å²) in [5.74, 6) is 1.60. The summed E-state index contributed by atoms with van der Waals surface area (Å²) in [5.41, 5.74) is 3.83. The lowest BCUT2D eigenvalue weighted by Gasteiger charge is -2.17. The fraction of sp³-hybridized carbons (Fsp3) is 0.310. The molecule has 35 heavy (non-hydrogen) atoms. The monoisotopic (exact) mass is 471 g/mol. The van der Waals surface area contributed by atoms with Crippen molar-refractivity contribution in [3.8, 4) is 23.3 Å². The van der Waals surface area contributed by atoms with Crippen LogP contribution < -0.4 is 9.47 Å². The van der Waals surface area contributed by atoms with Gasteiger partial charge in [0.2, 0.25) is 0 Å². The quantitative estimate of drug-likeness (QED) is 0.367. The SMILES string of the molecule is CCOC(=O)[C@H]1C[C@@H]1c1ccc(O[C@@H]2CCc3c(Oc4ccc(C#N)cc4C)ccc(F)c32)cc1. The van der Waals surface area contributed by atoms with Crippen molar-refractivity contribution in [2.24, 2.45) is 5.92 Å². The summed E-state index contributed by atoms with van der Waals surface area (Å²) in [4.78, 5) is 11.9. The number of benzene rings is 3. The fourth-order valence-corrected chi connectivity index (χ4v) is 4.84. The summed E-state index contributed by atoms with van der Waals surface area (Å²) in [6.07, 6.45) is 1.69. The Morgan fingerprint density at radius 2 is 1.89 bits per heavy atom. The van der Waals surface area contributed by atoms with Gasteiger partial charge in [0.15, 0.2) is 0 Å². The van der Waals surface area contributed by atoms with Crippen LogP contribution in [0.25, 0.3) is 0 Å². The molecule has 6 heteroatoms. The van der Waals surface area contributed by atoms with Crippen LogP contribution >= 0.6 is 0 Å². The lowest BCUT2D eigenvalue weighted by Crippen LogP contribution is -2.07. The van der Waals surface area contributed by atoms with Gasteiger partial charge >= 0.3 is 5.97 Å². The van der Waals surface area contributed by atoms with Crippen LogP contribution in [0.3, 0.4) is 0 Å². The second-order valence-electron chi connectivity index (χ2n) is 9.05. The molecule has 2 aliphatic carbocycles. The second kappa shape index (κ2) is 9.42. The number of hydrogen-bond donors (Lipinski definition) is 0. The molecule has 2 aliphatic rings. The number of rotatable bonds is 7. The fourth-order valence-electron chi connectivity index (χ4n) is 4.84. The van der Waals surface area contributed by atoms with Gasteiger partial charge in [0.05, 0.1) is 24.2 Å². The van der Waals surface area contributed by atoms with E-state index in [-0.39, 0.29) is 23.6 Å². The first kappa shape index (κ1) is 22.9. The molecular formula is C29H26FNO4. The van der Waals surface area contributed by atoms with Crippen molar-refractivity contribution in [3.63, 3.8) is 0 Å². The Kier molecular flexibility index (Phi) is 6.17. The van der Waals surface area contributed by atoms with Crippen molar-refractivity contribution in [1.82, 2.24) is 0 Å². The number of fused-ring (bicyclic) bond motifs is 1. The Bertz CT molecular complexity index is 1310. The molecular weight excluding hydrogens is 445 g/mol. The predicted octanol–water partition coefficient (Wildman–Crippen LogP) is 6.53. The van der Waals surface area contributed by atoms with Gasteiger partial charge in [-0.1, -0.05) is 12.1 Å². The molecule has 3 atom stereocenters. The molecule has 0 heterocycles. The first-order valence-corrected chi connectivity index (χ1v) is 11.9. The summed E-state index contributed by atoms with van der Waals surface area (Å²) in [5, 5.41) is 9.08. The van der Waals surface area contributed by atoms with Crippen LogP contribution in [0.1, 0.15) is 59.6 Å². The van der Waals surface area contributed by atoms with Gasteiger partial charge in [-0.15, -0.1) is 0 Å². The van der Waals surface area contributed by atoms with Crippen LogP contribution in [0, 0.1) is 30.0 Å². The van der Waals surface area contributed by atoms with E-state index >= 15 is 0 Å². The van der Waals surface area contributed by atoms with Crippen LogP contribution in [-0.2, 0) is 16.0 Å². The first-order valence-electron chi connectivity index (χ1n) is 11.9. The summed E-state index contributed by atoms with van der Waals surface area (Å²) >= 11 is 0. The average molecular weight is 472 g/mol. The summed E-state index contributed by atoms with van der Waals surface area (Å²) in [6, 6.07) is 18.1. The smallest absolute Gasteiger partial charge is 0.309 e. The lowest BCUT2D eigenvalue weighted by atomic mass is 10.1. The highest BCUT2D eigenvalue weighted by molar-refractivity contribution is 5.77. The van der Waals surface area contributed by atoms with Gasteiger partial charge in [-0.05, 0) is 92.6 Å². The minimum atomic E-state index is -0.408. The first-order chi connectivity index (χ1) is 17.0. The third-order valence-corrected chi connectivity index (χ3v) is 6.73. The lowest BCUT2D eigenvalue weighted by molar-refractivity contribution is -0.144. The summed E-state index contributed by atoms with van der Waals surface area (Å²) in [6.45, 7) is 4.09. The summed E-state index contributed by atoms with van der Waals surface area (Å²) < 4.78 is 32.3. The van der Waals surface area contributed by atoms with E-state index in [4.69, 9.17) is 19.5 Å². The average Bonchev–Trinajstić information content (AvgIpc) is 3.56. The number of carbonyl (C=O) groups is 1. The summed E-state index contributed by atoms with van der Waals surface area (Å²) in [7, 11) is 0. The highest BCUT2D eigenvalue weighted by Gasteiger charge is 2.45. The molecule has 0 spiro atoms. The zero-order valence-electron chi connectivity index (χ0n) is 19.7. The molecule has 178 valence electrons. The van der Waals surface area contributed by atoms with Gasteiger partial charge < -0.3 is 14.2 Å². The highest BCUT2D eigenvalue weighted by atomic mass is 19.1.